The van der Waals surface area contributed by atoms with Crippen LogP contribution < -0.4 is 0 Å². The first-order valence-electron chi connectivity index (χ1n) is 4.02. The van der Waals surface area contributed by atoms with Crippen molar-refractivity contribution in [2.45, 2.75) is 6.92 Å². The third-order valence-corrected chi connectivity index (χ3v) is 3.59. The van der Waals surface area contributed by atoms with Crippen molar-refractivity contribution >= 4 is 39.1 Å². The topological polar surface area (TPSA) is 38.9 Å². The lowest BCUT2D eigenvalue weighted by atomic mass is 10.3. The second-order valence-corrected chi connectivity index (χ2v) is 4.38. The fourth-order valence-electron chi connectivity index (χ4n) is 1.10. The van der Waals surface area contributed by atoms with Gasteiger partial charge in [-0.15, -0.1) is 0 Å². The van der Waals surface area contributed by atoms with Gasteiger partial charge in [0.2, 0.25) is 0 Å². The Hall–Kier alpha value is -0.580. The molecule has 0 saturated carbocycles. The van der Waals surface area contributed by atoms with Crippen molar-refractivity contribution in [1.29, 1.82) is 0 Å². The van der Waals surface area contributed by atoms with E-state index in [1.165, 1.54) is 0 Å². The van der Waals surface area contributed by atoms with E-state index in [-0.39, 0.29) is 10.3 Å². The molecule has 0 bridgehead atoms. The van der Waals surface area contributed by atoms with Gasteiger partial charge in [-0.25, -0.2) is 9.97 Å². The number of furan rings is 1. The first-order chi connectivity index (χ1) is 7.09. The number of halogens is 3. The molecule has 2 heterocycles. The summed E-state index contributed by atoms with van der Waals surface area (Å²) in [7, 11) is 0. The zero-order chi connectivity index (χ0) is 11.0. The van der Waals surface area contributed by atoms with Crippen molar-refractivity contribution in [2.24, 2.45) is 0 Å². The van der Waals surface area contributed by atoms with Crippen LogP contribution >= 0.6 is 39.1 Å². The maximum absolute atomic E-state index is 5.86. The Balaban J connectivity index is 2.60. The minimum atomic E-state index is 0.265. The third kappa shape index (κ3) is 2.02. The fraction of sp³-hybridized carbons (Fsp3) is 0.111. The molecule has 15 heavy (non-hydrogen) atoms. The monoisotopic (exact) mass is 306 g/mol. The van der Waals surface area contributed by atoms with Crippen molar-refractivity contribution in [2.75, 3.05) is 0 Å². The zero-order valence-electron chi connectivity index (χ0n) is 7.59. The van der Waals surface area contributed by atoms with E-state index < -0.39 is 0 Å². The predicted octanol–water partition coefficient (Wildman–Crippen LogP) is 4.11. The molecule has 0 aromatic carbocycles. The van der Waals surface area contributed by atoms with Crippen molar-refractivity contribution < 1.29 is 4.42 Å². The highest BCUT2D eigenvalue weighted by Crippen LogP contribution is 2.30. The maximum atomic E-state index is 5.86. The summed E-state index contributed by atoms with van der Waals surface area (Å²) in [4.78, 5) is 8.13. The highest BCUT2D eigenvalue weighted by Gasteiger charge is 2.14. The Morgan fingerprint density at radius 3 is 2.33 bits per heavy atom. The molecular weight excluding hydrogens is 303 g/mol. The first-order valence-corrected chi connectivity index (χ1v) is 5.57. The first kappa shape index (κ1) is 10.9. The second-order valence-electron chi connectivity index (χ2n) is 2.88. The van der Waals surface area contributed by atoms with Crippen LogP contribution in [0.5, 0.6) is 0 Å². The minimum Gasteiger partial charge on any atom is -0.461 e. The van der Waals surface area contributed by atoms with Crippen LogP contribution in [0.2, 0.25) is 10.3 Å². The van der Waals surface area contributed by atoms with Gasteiger partial charge in [0.25, 0.3) is 0 Å². The number of aromatic nitrogens is 2. The molecule has 0 atom stereocenters. The molecule has 2 aromatic heterocycles. The average molecular weight is 308 g/mol. The lowest BCUT2D eigenvalue weighted by Gasteiger charge is -2.01. The van der Waals surface area contributed by atoms with Gasteiger partial charge in [-0.1, -0.05) is 23.2 Å². The Labute approximate surface area is 105 Å². The van der Waals surface area contributed by atoms with Crippen LogP contribution in [-0.4, -0.2) is 9.97 Å². The van der Waals surface area contributed by atoms with Gasteiger partial charge in [0.05, 0.1) is 10.7 Å². The summed E-state index contributed by atoms with van der Waals surface area (Å²) < 4.78 is 5.73. The van der Waals surface area contributed by atoms with Gasteiger partial charge in [0.1, 0.15) is 10.3 Å². The Morgan fingerprint density at radius 2 is 1.87 bits per heavy atom. The largest absolute Gasteiger partial charge is 0.461 e. The minimum absolute atomic E-state index is 0.265. The number of aryl methyl sites for hydroxylation is 1. The van der Waals surface area contributed by atoms with Gasteiger partial charge in [0.15, 0.2) is 11.6 Å². The third-order valence-electron chi connectivity index (χ3n) is 1.84. The Kier molecular flexibility index (Phi) is 3.00. The molecule has 0 aliphatic rings. The van der Waals surface area contributed by atoms with Crippen LogP contribution in [0.1, 0.15) is 5.56 Å². The summed E-state index contributed by atoms with van der Waals surface area (Å²) in [6.45, 7) is 1.89. The van der Waals surface area contributed by atoms with Gasteiger partial charge >= 0.3 is 0 Å². The van der Waals surface area contributed by atoms with Crippen molar-refractivity contribution in [3.05, 3.63) is 32.7 Å². The summed E-state index contributed by atoms with van der Waals surface area (Å²) in [5.41, 5.74) is 0.935. The Bertz CT molecular complexity index is 490. The maximum Gasteiger partial charge on any atom is 0.198 e. The van der Waals surface area contributed by atoms with Crippen LogP contribution in [0.15, 0.2) is 21.2 Å². The zero-order valence-corrected chi connectivity index (χ0v) is 10.7. The smallest absolute Gasteiger partial charge is 0.198 e. The molecule has 2 rings (SSSR count). The molecule has 2 aromatic rings. The van der Waals surface area contributed by atoms with E-state index >= 15 is 0 Å². The van der Waals surface area contributed by atoms with Crippen molar-refractivity contribution in [3.63, 3.8) is 0 Å². The van der Waals surface area contributed by atoms with E-state index in [0.29, 0.717) is 16.1 Å². The van der Waals surface area contributed by atoms with Gasteiger partial charge in [-0.05, 0) is 34.5 Å². The van der Waals surface area contributed by atoms with Gasteiger partial charge in [0, 0.05) is 0 Å². The van der Waals surface area contributed by atoms with Crippen LogP contribution in [0.3, 0.4) is 0 Å². The van der Waals surface area contributed by atoms with E-state index in [0.717, 1.165) is 5.56 Å². The summed E-state index contributed by atoms with van der Waals surface area (Å²) in [5.74, 6) is 0.960. The molecule has 0 fully saturated rings. The van der Waals surface area contributed by atoms with Gasteiger partial charge in [-0.3, -0.25) is 0 Å². The SMILES string of the molecule is Cc1ccoc1-c1nc(Cl)c(Br)c(Cl)n1. The summed E-state index contributed by atoms with van der Waals surface area (Å²) >= 11 is 14.9. The molecular formula is C9H5BrCl2N2O. The molecule has 6 heteroatoms. The number of hydrogen-bond donors (Lipinski definition) is 0. The van der Waals surface area contributed by atoms with E-state index in [2.05, 4.69) is 25.9 Å². The summed E-state index contributed by atoms with van der Waals surface area (Å²) in [5, 5.41) is 0.529. The lowest BCUT2D eigenvalue weighted by molar-refractivity contribution is 0.575. The molecule has 0 amide bonds. The quantitative estimate of drug-likeness (QED) is 0.744. The van der Waals surface area contributed by atoms with Gasteiger partial charge in [-0.2, -0.15) is 0 Å². The fourth-order valence-corrected chi connectivity index (χ4v) is 1.66. The van der Waals surface area contributed by atoms with E-state index in [1.807, 2.05) is 13.0 Å². The van der Waals surface area contributed by atoms with Gasteiger partial charge < -0.3 is 4.42 Å². The van der Waals surface area contributed by atoms with Crippen molar-refractivity contribution in [1.82, 2.24) is 9.97 Å². The van der Waals surface area contributed by atoms with E-state index in [1.54, 1.807) is 6.26 Å². The average Bonchev–Trinajstić information content (AvgIpc) is 2.60. The molecule has 0 N–H and O–H groups in total. The van der Waals surface area contributed by atoms with Crippen molar-refractivity contribution in [3.8, 4) is 11.6 Å². The van der Waals surface area contributed by atoms with Crippen LogP contribution in [-0.2, 0) is 0 Å². The second kappa shape index (κ2) is 4.12. The van der Waals surface area contributed by atoms with E-state index in [4.69, 9.17) is 27.6 Å². The standard InChI is InChI=1S/C9H5BrCl2N2O/c1-4-2-3-15-6(4)9-13-7(11)5(10)8(12)14-9/h2-3H,1H3. The highest BCUT2D eigenvalue weighted by atomic mass is 79.9. The van der Waals surface area contributed by atoms with Crippen LogP contribution in [0.4, 0.5) is 0 Å². The Morgan fingerprint density at radius 1 is 1.27 bits per heavy atom. The molecule has 0 spiro atoms. The number of rotatable bonds is 1. The molecule has 3 nitrogen and oxygen atoms in total. The molecule has 0 saturated heterocycles. The van der Waals surface area contributed by atoms with Crippen LogP contribution in [0.25, 0.3) is 11.6 Å². The highest BCUT2D eigenvalue weighted by molar-refractivity contribution is 9.10. The summed E-state index contributed by atoms with van der Waals surface area (Å²) in [6.07, 6.45) is 1.57. The molecule has 0 aliphatic carbocycles. The summed E-state index contributed by atoms with van der Waals surface area (Å²) in [6, 6.07) is 1.82. The molecule has 0 radical (unpaired) electrons. The molecule has 0 aliphatic heterocycles. The van der Waals surface area contributed by atoms with Crippen LogP contribution in [0, 0.1) is 6.92 Å². The molecule has 0 unspecified atom stereocenters. The lowest BCUT2D eigenvalue weighted by Crippen LogP contribution is -1.91. The van der Waals surface area contributed by atoms with E-state index in [9.17, 15) is 0 Å². The predicted molar refractivity (Wildman–Crippen MR) is 62.2 cm³/mol. The number of hydrogen-bond acceptors (Lipinski definition) is 3. The molecule has 78 valence electrons. The normalized spacial score (nSPS) is 10.7. The number of nitrogens with zero attached hydrogens (tertiary/aromatic N) is 2.